The second-order valence-electron chi connectivity index (χ2n) is 8.51. The molecule has 1 N–H and O–H groups in total. The van der Waals surface area contributed by atoms with Crippen LogP contribution in [0, 0.1) is 5.92 Å². The van der Waals surface area contributed by atoms with Gasteiger partial charge in [-0.05, 0) is 33.6 Å². The van der Waals surface area contributed by atoms with E-state index in [1.165, 1.54) is 12.1 Å². The Bertz CT molecular complexity index is 619. The van der Waals surface area contributed by atoms with E-state index >= 15 is 0 Å². The Morgan fingerprint density at radius 1 is 1.48 bits per heavy atom. The summed E-state index contributed by atoms with van der Waals surface area (Å²) >= 11 is 0. The molecule has 3 atom stereocenters. The fourth-order valence-electron chi connectivity index (χ4n) is 3.89. The van der Waals surface area contributed by atoms with Crippen LogP contribution in [-0.4, -0.2) is 46.0 Å². The maximum Gasteiger partial charge on any atom is 0.410 e. The molecule has 140 valence electrons. The molecule has 2 aliphatic heterocycles. The van der Waals surface area contributed by atoms with Gasteiger partial charge >= 0.3 is 6.09 Å². The first-order valence-electron chi connectivity index (χ1n) is 9.59. The van der Waals surface area contributed by atoms with E-state index in [-0.39, 0.29) is 6.09 Å². The van der Waals surface area contributed by atoms with Crippen molar-refractivity contribution in [3.63, 3.8) is 0 Å². The van der Waals surface area contributed by atoms with Crippen molar-refractivity contribution in [3.05, 3.63) is 11.8 Å². The number of amides is 1. The van der Waals surface area contributed by atoms with E-state index in [0.29, 0.717) is 17.9 Å². The van der Waals surface area contributed by atoms with Crippen LogP contribution in [0.15, 0.2) is 6.07 Å². The van der Waals surface area contributed by atoms with Gasteiger partial charge in [0.1, 0.15) is 11.4 Å². The average Bonchev–Trinajstić information content (AvgIpc) is 2.97. The number of ether oxygens (including phenoxy) is 1. The molecule has 1 saturated heterocycles. The van der Waals surface area contributed by atoms with Gasteiger partial charge in [-0.2, -0.15) is 5.10 Å². The van der Waals surface area contributed by atoms with Gasteiger partial charge < -0.3 is 15.0 Å². The number of nitrogens with one attached hydrogen (secondary N) is 1. The van der Waals surface area contributed by atoms with Gasteiger partial charge in [0.05, 0.1) is 11.7 Å². The van der Waals surface area contributed by atoms with Crippen LogP contribution < -0.4 is 5.32 Å². The quantitative estimate of drug-likeness (QED) is 0.896. The van der Waals surface area contributed by atoms with Gasteiger partial charge in [-0.25, -0.2) is 9.48 Å². The van der Waals surface area contributed by atoms with Gasteiger partial charge in [0, 0.05) is 37.5 Å². The summed E-state index contributed by atoms with van der Waals surface area (Å²) in [6, 6.07) is 2.58. The Morgan fingerprint density at radius 2 is 2.24 bits per heavy atom. The molecule has 0 saturated carbocycles. The minimum Gasteiger partial charge on any atom is -0.444 e. The van der Waals surface area contributed by atoms with Crippen molar-refractivity contribution < 1.29 is 9.53 Å². The van der Waals surface area contributed by atoms with Crippen LogP contribution in [0.1, 0.15) is 71.5 Å². The number of carbonyl (C=O) groups is 1. The molecule has 25 heavy (non-hydrogen) atoms. The lowest BCUT2D eigenvalue weighted by atomic mass is 9.91. The average molecular weight is 348 g/mol. The number of aromatic nitrogens is 2. The lowest BCUT2D eigenvalue weighted by molar-refractivity contribution is 0.0107. The minimum absolute atomic E-state index is 0.200. The summed E-state index contributed by atoms with van der Waals surface area (Å²) in [6.07, 6.45) is 3.07. The molecular formula is C19H32N4O2. The lowest BCUT2D eigenvalue weighted by Gasteiger charge is -2.42. The Balaban J connectivity index is 1.69. The van der Waals surface area contributed by atoms with Crippen molar-refractivity contribution in [2.45, 2.75) is 71.4 Å². The molecule has 3 heterocycles. The Labute approximate surface area is 150 Å². The van der Waals surface area contributed by atoms with Crippen LogP contribution >= 0.6 is 0 Å². The summed E-state index contributed by atoms with van der Waals surface area (Å²) in [5, 5.41) is 8.41. The molecule has 3 rings (SSSR count). The lowest BCUT2D eigenvalue weighted by Crippen LogP contribution is -2.49. The smallest absolute Gasteiger partial charge is 0.410 e. The standard InChI is InChI=1S/C19H32N4O2/c1-6-7-13(2)15-10-17-20-11-14-12-22(18(24)25-19(3,4)5)9-8-16(14)23(17)21-15/h10,13-14,16,20H,6-9,11-12H2,1-5H3. The number of hydrogen-bond acceptors (Lipinski definition) is 4. The van der Waals surface area contributed by atoms with Crippen LogP contribution in [0.25, 0.3) is 0 Å². The van der Waals surface area contributed by atoms with Gasteiger partial charge in [-0.3, -0.25) is 0 Å². The normalized spacial score (nSPS) is 24.1. The highest BCUT2D eigenvalue weighted by Crippen LogP contribution is 2.36. The first kappa shape index (κ1) is 18.1. The zero-order valence-electron chi connectivity index (χ0n) is 16.2. The molecule has 1 aromatic heterocycles. The molecule has 0 aromatic carbocycles. The van der Waals surface area contributed by atoms with Gasteiger partial charge in [0.15, 0.2) is 0 Å². The number of likely N-dealkylation sites (tertiary alicyclic amines) is 1. The third-order valence-corrected chi connectivity index (χ3v) is 5.19. The topological polar surface area (TPSA) is 59.4 Å². The Hall–Kier alpha value is -1.72. The summed E-state index contributed by atoms with van der Waals surface area (Å²) < 4.78 is 7.70. The number of piperidine rings is 1. The molecule has 0 aliphatic carbocycles. The minimum atomic E-state index is -0.446. The zero-order chi connectivity index (χ0) is 18.2. The van der Waals surface area contributed by atoms with Crippen molar-refractivity contribution >= 4 is 11.9 Å². The van der Waals surface area contributed by atoms with E-state index < -0.39 is 5.60 Å². The second-order valence-corrected chi connectivity index (χ2v) is 8.51. The summed E-state index contributed by atoms with van der Waals surface area (Å²) in [6.45, 7) is 12.5. The fourth-order valence-corrected chi connectivity index (χ4v) is 3.89. The van der Waals surface area contributed by atoms with Crippen LogP contribution in [0.3, 0.4) is 0 Å². The van der Waals surface area contributed by atoms with E-state index in [4.69, 9.17) is 9.84 Å². The monoisotopic (exact) mass is 348 g/mol. The predicted octanol–water partition coefficient (Wildman–Crippen LogP) is 4.01. The maximum atomic E-state index is 12.4. The highest BCUT2D eigenvalue weighted by Gasteiger charge is 2.38. The first-order chi connectivity index (χ1) is 11.8. The number of anilines is 1. The molecular weight excluding hydrogens is 316 g/mol. The third kappa shape index (κ3) is 3.93. The van der Waals surface area contributed by atoms with Gasteiger partial charge in [0.25, 0.3) is 0 Å². The maximum absolute atomic E-state index is 12.4. The predicted molar refractivity (Wildman–Crippen MR) is 99.0 cm³/mol. The highest BCUT2D eigenvalue weighted by atomic mass is 16.6. The molecule has 0 radical (unpaired) electrons. The molecule has 3 unspecified atom stereocenters. The number of fused-ring (bicyclic) bond motifs is 3. The van der Waals surface area contributed by atoms with E-state index in [9.17, 15) is 4.79 Å². The molecule has 6 nitrogen and oxygen atoms in total. The van der Waals surface area contributed by atoms with E-state index in [1.54, 1.807) is 0 Å². The summed E-state index contributed by atoms with van der Waals surface area (Å²) in [7, 11) is 0. The number of carbonyl (C=O) groups excluding carboxylic acids is 1. The van der Waals surface area contributed by atoms with E-state index in [2.05, 4.69) is 29.9 Å². The van der Waals surface area contributed by atoms with Crippen molar-refractivity contribution in [2.75, 3.05) is 25.0 Å². The second kappa shape index (κ2) is 6.89. The zero-order valence-corrected chi connectivity index (χ0v) is 16.2. The van der Waals surface area contributed by atoms with Crippen LogP contribution in [-0.2, 0) is 4.74 Å². The molecule has 1 amide bonds. The Kier molecular flexibility index (Phi) is 4.98. The van der Waals surface area contributed by atoms with E-state index in [1.807, 2.05) is 25.7 Å². The molecule has 2 aliphatic rings. The summed E-state index contributed by atoms with van der Waals surface area (Å²) in [4.78, 5) is 14.2. The number of hydrogen-bond donors (Lipinski definition) is 1. The van der Waals surface area contributed by atoms with Gasteiger partial charge in [-0.15, -0.1) is 0 Å². The van der Waals surface area contributed by atoms with Gasteiger partial charge in [-0.1, -0.05) is 20.3 Å². The highest BCUT2D eigenvalue weighted by molar-refractivity contribution is 5.68. The largest absolute Gasteiger partial charge is 0.444 e. The van der Waals surface area contributed by atoms with Crippen LogP contribution in [0.4, 0.5) is 10.6 Å². The molecule has 6 heteroatoms. The van der Waals surface area contributed by atoms with Crippen molar-refractivity contribution in [3.8, 4) is 0 Å². The van der Waals surface area contributed by atoms with Crippen molar-refractivity contribution in [1.29, 1.82) is 0 Å². The third-order valence-electron chi connectivity index (χ3n) is 5.19. The van der Waals surface area contributed by atoms with Crippen LogP contribution in [0.2, 0.25) is 0 Å². The molecule has 0 bridgehead atoms. The fraction of sp³-hybridized carbons (Fsp3) is 0.789. The molecule has 1 fully saturated rings. The first-order valence-corrected chi connectivity index (χ1v) is 9.59. The Morgan fingerprint density at radius 3 is 2.92 bits per heavy atom. The van der Waals surface area contributed by atoms with Crippen molar-refractivity contribution in [2.24, 2.45) is 5.92 Å². The SMILES string of the molecule is CCCC(C)c1cc2n(n1)C1CCN(C(=O)OC(C)(C)C)CC1CN2. The summed E-state index contributed by atoms with van der Waals surface area (Å²) in [5.41, 5.74) is 0.734. The number of rotatable bonds is 3. The molecule has 0 spiro atoms. The van der Waals surface area contributed by atoms with Crippen LogP contribution in [0.5, 0.6) is 0 Å². The summed E-state index contributed by atoms with van der Waals surface area (Å²) in [5.74, 6) is 2.00. The van der Waals surface area contributed by atoms with E-state index in [0.717, 1.165) is 38.3 Å². The van der Waals surface area contributed by atoms with Crippen molar-refractivity contribution in [1.82, 2.24) is 14.7 Å². The number of nitrogens with zero attached hydrogens (tertiary/aromatic N) is 3. The molecule has 1 aromatic rings. The van der Waals surface area contributed by atoms with Gasteiger partial charge in [0.2, 0.25) is 0 Å².